The van der Waals surface area contributed by atoms with Crippen molar-refractivity contribution in [2.75, 3.05) is 13.2 Å². The molecule has 0 spiro atoms. The maximum Gasteiger partial charge on any atom is 0.311 e. The Morgan fingerprint density at radius 1 is 0.844 bits per heavy atom. The summed E-state index contributed by atoms with van der Waals surface area (Å²) in [5.41, 5.74) is 0. The van der Waals surface area contributed by atoms with E-state index in [0.717, 1.165) is 25.7 Å². The average Bonchev–Trinajstić information content (AvgIpc) is 2.80. The molecule has 1 aromatic rings. The molecule has 0 aliphatic heterocycles. The van der Waals surface area contributed by atoms with Gasteiger partial charge in [-0.25, -0.2) is 0 Å². The molecule has 0 saturated heterocycles. The van der Waals surface area contributed by atoms with Crippen LogP contribution in [0.2, 0.25) is 0 Å². The van der Waals surface area contributed by atoms with E-state index in [4.69, 9.17) is 14.6 Å². The second kappa shape index (κ2) is 19.8. The van der Waals surface area contributed by atoms with E-state index in [-0.39, 0.29) is 19.2 Å². The van der Waals surface area contributed by atoms with Gasteiger partial charge in [0, 0.05) is 6.42 Å². The van der Waals surface area contributed by atoms with Crippen LogP contribution in [-0.4, -0.2) is 35.5 Å². The number of unbranched alkanes of at least 4 members (excludes halogenated alkanes) is 11. The van der Waals surface area contributed by atoms with E-state index in [2.05, 4.69) is 19.1 Å². The Morgan fingerprint density at radius 3 is 1.97 bits per heavy atom. The molecule has 5 nitrogen and oxygen atoms in total. The number of benzene rings is 1. The third kappa shape index (κ3) is 15.9. The molecule has 2 N–H and O–H groups in total. The van der Waals surface area contributed by atoms with Crippen LogP contribution in [0.15, 0.2) is 36.4 Å². The van der Waals surface area contributed by atoms with Crippen molar-refractivity contribution >= 4 is 5.97 Å². The third-order valence-electron chi connectivity index (χ3n) is 5.35. The van der Waals surface area contributed by atoms with Gasteiger partial charge in [0.15, 0.2) is 0 Å². The van der Waals surface area contributed by atoms with Crippen LogP contribution in [0.1, 0.15) is 96.8 Å². The second-order valence-corrected chi connectivity index (χ2v) is 8.43. The van der Waals surface area contributed by atoms with Crippen molar-refractivity contribution in [1.29, 1.82) is 0 Å². The van der Waals surface area contributed by atoms with Crippen LogP contribution in [0.3, 0.4) is 0 Å². The number of aliphatic hydroxyl groups excluding tert-OH is 2. The highest BCUT2D eigenvalue weighted by Crippen LogP contribution is 2.19. The number of aliphatic hydroxyl groups is 2. The lowest BCUT2D eigenvalue weighted by atomic mass is 10.1. The maximum absolute atomic E-state index is 12.0. The quantitative estimate of drug-likeness (QED) is 0.105. The van der Waals surface area contributed by atoms with Crippen LogP contribution < -0.4 is 9.47 Å². The van der Waals surface area contributed by atoms with Gasteiger partial charge in [-0.3, -0.25) is 4.79 Å². The van der Waals surface area contributed by atoms with Crippen molar-refractivity contribution in [3.05, 3.63) is 36.4 Å². The molecule has 0 aromatic heterocycles. The van der Waals surface area contributed by atoms with Crippen molar-refractivity contribution in [3.63, 3.8) is 0 Å². The Kier molecular flexibility index (Phi) is 17.4. The van der Waals surface area contributed by atoms with Crippen molar-refractivity contribution in [3.8, 4) is 11.5 Å². The predicted octanol–water partition coefficient (Wildman–Crippen LogP) is 6.36. The largest absolute Gasteiger partial charge is 0.491 e. The standard InChI is InChI=1S/C27H44O5/c1-2-3-4-5-6-7-8-9-10-11-12-13-14-15-16-17-27(30)32-26-20-18-25(19-21-26)31-23-24(29)22-28/h9-10,18-21,24,28-29H,2-8,11-17,22-23H2,1H3. The Balaban J connectivity index is 1.96. The molecule has 1 aromatic carbocycles. The Morgan fingerprint density at radius 2 is 1.38 bits per heavy atom. The van der Waals surface area contributed by atoms with Crippen molar-refractivity contribution in [2.24, 2.45) is 0 Å². The van der Waals surface area contributed by atoms with Gasteiger partial charge in [-0.05, 0) is 56.4 Å². The summed E-state index contributed by atoms with van der Waals surface area (Å²) in [6.45, 7) is 1.93. The molecule has 0 radical (unpaired) electrons. The summed E-state index contributed by atoms with van der Waals surface area (Å²) >= 11 is 0. The summed E-state index contributed by atoms with van der Waals surface area (Å²) in [4.78, 5) is 12.0. The van der Waals surface area contributed by atoms with Crippen molar-refractivity contribution < 1.29 is 24.5 Å². The molecule has 1 atom stereocenters. The van der Waals surface area contributed by atoms with E-state index in [1.54, 1.807) is 24.3 Å². The Bertz CT molecular complexity index is 597. The van der Waals surface area contributed by atoms with Gasteiger partial charge in [0.2, 0.25) is 0 Å². The molecular weight excluding hydrogens is 404 g/mol. The first-order chi connectivity index (χ1) is 15.7. The van der Waals surface area contributed by atoms with E-state index in [0.29, 0.717) is 17.9 Å². The van der Waals surface area contributed by atoms with Crippen LogP contribution >= 0.6 is 0 Å². The van der Waals surface area contributed by atoms with E-state index in [9.17, 15) is 9.90 Å². The fourth-order valence-electron chi connectivity index (χ4n) is 3.37. The molecule has 0 saturated carbocycles. The normalized spacial score (nSPS) is 12.2. The fourth-order valence-corrected chi connectivity index (χ4v) is 3.37. The minimum Gasteiger partial charge on any atom is -0.491 e. The first kappa shape index (κ1) is 28.2. The van der Waals surface area contributed by atoms with Crippen LogP contribution in [0.25, 0.3) is 0 Å². The highest BCUT2D eigenvalue weighted by Gasteiger charge is 2.06. The van der Waals surface area contributed by atoms with Gasteiger partial charge in [-0.2, -0.15) is 0 Å². The van der Waals surface area contributed by atoms with Gasteiger partial charge in [-0.15, -0.1) is 0 Å². The molecule has 32 heavy (non-hydrogen) atoms. The first-order valence-electron chi connectivity index (χ1n) is 12.5. The lowest BCUT2D eigenvalue weighted by Gasteiger charge is -2.10. The van der Waals surface area contributed by atoms with Gasteiger partial charge in [0.25, 0.3) is 0 Å². The molecule has 1 rings (SSSR count). The first-order valence-corrected chi connectivity index (χ1v) is 12.5. The molecule has 0 aliphatic carbocycles. The Labute approximate surface area is 194 Å². The van der Waals surface area contributed by atoms with E-state index >= 15 is 0 Å². The molecule has 182 valence electrons. The monoisotopic (exact) mass is 448 g/mol. The number of esters is 1. The fraction of sp³-hybridized carbons (Fsp3) is 0.667. The van der Waals surface area contributed by atoms with Gasteiger partial charge < -0.3 is 19.7 Å². The van der Waals surface area contributed by atoms with E-state index < -0.39 is 6.10 Å². The lowest BCUT2D eigenvalue weighted by molar-refractivity contribution is -0.134. The molecule has 0 heterocycles. The maximum atomic E-state index is 12.0. The lowest BCUT2D eigenvalue weighted by Crippen LogP contribution is -2.21. The number of allylic oxidation sites excluding steroid dienone is 2. The summed E-state index contributed by atoms with van der Waals surface area (Å²) in [6, 6.07) is 6.68. The van der Waals surface area contributed by atoms with Crippen molar-refractivity contribution in [2.45, 2.75) is 103 Å². The summed E-state index contributed by atoms with van der Waals surface area (Å²) in [7, 11) is 0. The summed E-state index contributed by atoms with van der Waals surface area (Å²) in [6.07, 6.45) is 20.2. The summed E-state index contributed by atoms with van der Waals surface area (Å²) in [5.74, 6) is 0.819. The second-order valence-electron chi connectivity index (χ2n) is 8.43. The molecule has 0 bridgehead atoms. The minimum absolute atomic E-state index is 0.0190. The number of rotatable bonds is 20. The van der Waals surface area contributed by atoms with Crippen LogP contribution in [0.4, 0.5) is 0 Å². The Hall–Kier alpha value is -1.85. The molecular formula is C27H44O5. The number of ether oxygens (including phenoxy) is 2. The predicted molar refractivity (Wildman–Crippen MR) is 130 cm³/mol. The highest BCUT2D eigenvalue weighted by atomic mass is 16.5. The molecule has 1 unspecified atom stereocenters. The smallest absolute Gasteiger partial charge is 0.311 e. The zero-order valence-corrected chi connectivity index (χ0v) is 20.0. The summed E-state index contributed by atoms with van der Waals surface area (Å²) in [5, 5.41) is 18.0. The SMILES string of the molecule is CCCCCCCCC=CCCCCCCCC(=O)Oc1ccc(OCC(O)CO)cc1. The molecule has 0 aliphatic rings. The van der Waals surface area contributed by atoms with Crippen LogP contribution in [0, 0.1) is 0 Å². The van der Waals surface area contributed by atoms with E-state index in [1.165, 1.54) is 57.8 Å². The number of hydrogen-bond donors (Lipinski definition) is 2. The van der Waals surface area contributed by atoms with Crippen molar-refractivity contribution in [1.82, 2.24) is 0 Å². The van der Waals surface area contributed by atoms with Gasteiger partial charge in [0.05, 0.1) is 6.61 Å². The van der Waals surface area contributed by atoms with Crippen LogP contribution in [-0.2, 0) is 4.79 Å². The minimum atomic E-state index is -0.904. The van der Waals surface area contributed by atoms with E-state index in [1.807, 2.05) is 0 Å². The molecule has 5 heteroatoms. The van der Waals surface area contributed by atoms with Gasteiger partial charge in [-0.1, -0.05) is 70.4 Å². The topological polar surface area (TPSA) is 76.0 Å². The average molecular weight is 449 g/mol. The number of carbonyl (C=O) groups is 1. The van der Waals surface area contributed by atoms with Gasteiger partial charge >= 0.3 is 5.97 Å². The summed E-state index contributed by atoms with van der Waals surface area (Å²) < 4.78 is 10.7. The molecule has 0 fully saturated rings. The number of hydrogen-bond acceptors (Lipinski definition) is 5. The third-order valence-corrected chi connectivity index (χ3v) is 5.35. The molecule has 0 amide bonds. The number of carbonyl (C=O) groups excluding carboxylic acids is 1. The van der Waals surface area contributed by atoms with Gasteiger partial charge in [0.1, 0.15) is 24.2 Å². The zero-order valence-electron chi connectivity index (χ0n) is 20.0. The highest BCUT2D eigenvalue weighted by molar-refractivity contribution is 5.72. The zero-order chi connectivity index (χ0) is 23.3. The van der Waals surface area contributed by atoms with Crippen LogP contribution in [0.5, 0.6) is 11.5 Å².